The highest BCUT2D eigenvalue weighted by molar-refractivity contribution is 5.92. The summed E-state index contributed by atoms with van der Waals surface area (Å²) in [5.41, 5.74) is 0.198. The van der Waals surface area contributed by atoms with Crippen LogP contribution in [0, 0.1) is 0 Å². The van der Waals surface area contributed by atoms with E-state index in [0.29, 0.717) is 12.2 Å². The van der Waals surface area contributed by atoms with Gasteiger partial charge >= 0.3 is 0 Å². The fourth-order valence-corrected chi connectivity index (χ4v) is 1.87. The number of rotatable bonds is 2. The molecule has 0 saturated carbocycles. The zero-order valence-electron chi connectivity index (χ0n) is 9.35. The molecule has 0 spiro atoms. The summed E-state index contributed by atoms with van der Waals surface area (Å²) in [5, 5.41) is 4.05. The molecule has 0 aromatic carbocycles. The molecule has 5 nitrogen and oxygen atoms in total. The van der Waals surface area contributed by atoms with Crippen molar-refractivity contribution < 1.29 is 4.79 Å². The average molecular weight is 221 g/mol. The van der Waals surface area contributed by atoms with Gasteiger partial charge in [-0.2, -0.15) is 5.10 Å². The molecule has 0 aliphatic carbocycles. The van der Waals surface area contributed by atoms with Crippen LogP contribution in [0.4, 0.5) is 0 Å². The molecule has 1 fully saturated rings. The Morgan fingerprint density at radius 3 is 2.69 bits per heavy atom. The predicted octanol–water partition coefficient (Wildman–Crippen LogP) is 0.499. The maximum Gasteiger partial charge on any atom is 0.274 e. The molecule has 1 amide bonds. The third kappa shape index (κ3) is 1.98. The van der Waals surface area contributed by atoms with E-state index >= 15 is 0 Å². The van der Waals surface area contributed by atoms with Gasteiger partial charge in [-0.05, 0) is 25.8 Å². The molecule has 0 N–H and O–H groups in total. The molecule has 0 atom stereocenters. The molecule has 1 aromatic heterocycles. The van der Waals surface area contributed by atoms with E-state index in [9.17, 15) is 9.59 Å². The minimum absolute atomic E-state index is 0.0697. The Hall–Kier alpha value is -1.65. The molecule has 2 heterocycles. The third-order valence-corrected chi connectivity index (χ3v) is 2.78. The number of hydrogen-bond donors (Lipinski definition) is 0. The van der Waals surface area contributed by atoms with E-state index < -0.39 is 0 Å². The number of carbonyl (C=O) groups excluding carboxylic acids is 1. The highest BCUT2D eigenvalue weighted by Gasteiger charge is 2.20. The highest BCUT2D eigenvalue weighted by atomic mass is 16.2. The molecule has 0 bridgehead atoms. The molecule has 1 aliphatic heterocycles. The number of carbonyl (C=O) groups is 1. The number of likely N-dealkylation sites (tertiary alicyclic amines) is 1. The average Bonchev–Trinajstić information content (AvgIpc) is 2.82. The summed E-state index contributed by atoms with van der Waals surface area (Å²) < 4.78 is 1.31. The van der Waals surface area contributed by atoms with Crippen molar-refractivity contribution in [1.29, 1.82) is 0 Å². The first-order valence-electron chi connectivity index (χ1n) is 5.60. The fourth-order valence-electron chi connectivity index (χ4n) is 1.87. The van der Waals surface area contributed by atoms with Crippen molar-refractivity contribution in [1.82, 2.24) is 14.7 Å². The Kier molecular flexibility index (Phi) is 3.03. The molecule has 1 saturated heterocycles. The molecule has 5 heteroatoms. The minimum atomic E-state index is -0.166. The van der Waals surface area contributed by atoms with E-state index in [1.54, 1.807) is 4.90 Å². The van der Waals surface area contributed by atoms with Gasteiger partial charge in [0.1, 0.15) is 5.69 Å². The topological polar surface area (TPSA) is 55.2 Å². The predicted molar refractivity (Wildman–Crippen MR) is 59.3 cm³/mol. The normalized spacial score (nSPS) is 15.4. The smallest absolute Gasteiger partial charge is 0.274 e. The Bertz CT molecular complexity index is 447. The lowest BCUT2D eigenvalue weighted by atomic mass is 10.3. The largest absolute Gasteiger partial charge is 0.337 e. The summed E-state index contributed by atoms with van der Waals surface area (Å²) in [6.45, 7) is 3.91. The zero-order chi connectivity index (χ0) is 11.5. The zero-order valence-corrected chi connectivity index (χ0v) is 9.35. The Morgan fingerprint density at radius 2 is 2.06 bits per heavy atom. The maximum absolute atomic E-state index is 12.0. The van der Waals surface area contributed by atoms with E-state index in [0.717, 1.165) is 25.9 Å². The van der Waals surface area contributed by atoms with Gasteiger partial charge in [0.05, 0.1) is 0 Å². The van der Waals surface area contributed by atoms with Crippen LogP contribution in [0.15, 0.2) is 16.9 Å². The van der Waals surface area contributed by atoms with Gasteiger partial charge in [0.15, 0.2) is 0 Å². The number of amides is 1. The maximum atomic E-state index is 12.0. The molecule has 0 unspecified atom stereocenters. The van der Waals surface area contributed by atoms with Gasteiger partial charge in [-0.3, -0.25) is 9.59 Å². The van der Waals surface area contributed by atoms with Crippen LogP contribution < -0.4 is 5.56 Å². The number of hydrogen-bond acceptors (Lipinski definition) is 3. The molecule has 1 aliphatic rings. The summed E-state index contributed by atoms with van der Waals surface area (Å²) in [5.74, 6) is -0.0697. The van der Waals surface area contributed by atoms with Gasteiger partial charge in [-0.15, -0.1) is 0 Å². The molecule has 86 valence electrons. The number of nitrogens with zero attached hydrogens (tertiary/aromatic N) is 3. The van der Waals surface area contributed by atoms with Crippen LogP contribution in [0.1, 0.15) is 30.3 Å². The van der Waals surface area contributed by atoms with Gasteiger partial charge in [0.2, 0.25) is 0 Å². The molecule has 16 heavy (non-hydrogen) atoms. The van der Waals surface area contributed by atoms with Crippen molar-refractivity contribution in [2.75, 3.05) is 13.1 Å². The van der Waals surface area contributed by atoms with Crippen LogP contribution >= 0.6 is 0 Å². The quantitative estimate of drug-likeness (QED) is 0.730. The summed E-state index contributed by atoms with van der Waals surface area (Å²) >= 11 is 0. The lowest BCUT2D eigenvalue weighted by Gasteiger charge is -2.14. The number of aromatic nitrogens is 2. The second kappa shape index (κ2) is 4.47. The molecule has 2 rings (SSSR count). The van der Waals surface area contributed by atoms with Crippen molar-refractivity contribution in [3.8, 4) is 0 Å². The van der Waals surface area contributed by atoms with E-state index in [4.69, 9.17) is 0 Å². The van der Waals surface area contributed by atoms with Crippen LogP contribution in [0.5, 0.6) is 0 Å². The first-order valence-corrected chi connectivity index (χ1v) is 5.60. The van der Waals surface area contributed by atoms with Crippen molar-refractivity contribution >= 4 is 5.91 Å². The third-order valence-electron chi connectivity index (χ3n) is 2.78. The summed E-state index contributed by atoms with van der Waals surface area (Å²) in [6.07, 6.45) is 2.11. The van der Waals surface area contributed by atoms with E-state index in [1.165, 1.54) is 16.8 Å². The highest BCUT2D eigenvalue weighted by Crippen LogP contribution is 2.10. The van der Waals surface area contributed by atoms with Crippen LogP contribution in [0.2, 0.25) is 0 Å². The van der Waals surface area contributed by atoms with Crippen LogP contribution in [-0.2, 0) is 6.54 Å². The van der Waals surface area contributed by atoms with E-state index in [2.05, 4.69) is 5.10 Å². The van der Waals surface area contributed by atoms with Crippen LogP contribution in [0.3, 0.4) is 0 Å². The first-order chi connectivity index (χ1) is 7.72. The summed E-state index contributed by atoms with van der Waals surface area (Å²) in [6, 6.07) is 2.91. The van der Waals surface area contributed by atoms with Crippen molar-refractivity contribution in [3.63, 3.8) is 0 Å². The molecular weight excluding hydrogens is 206 g/mol. The lowest BCUT2D eigenvalue weighted by Crippen LogP contribution is -2.31. The Labute approximate surface area is 93.7 Å². The SMILES string of the molecule is CCn1nc(C(=O)N2CCCC2)ccc1=O. The van der Waals surface area contributed by atoms with Crippen molar-refractivity contribution in [2.45, 2.75) is 26.3 Å². The summed E-state index contributed by atoms with van der Waals surface area (Å²) in [4.78, 5) is 25.1. The van der Waals surface area contributed by atoms with Crippen molar-refractivity contribution in [3.05, 3.63) is 28.2 Å². The monoisotopic (exact) mass is 221 g/mol. The molecular formula is C11H15N3O2. The number of aryl methyl sites for hydroxylation is 1. The first kappa shape index (κ1) is 10.9. The van der Waals surface area contributed by atoms with Crippen LogP contribution in [-0.4, -0.2) is 33.7 Å². The van der Waals surface area contributed by atoms with Gasteiger partial charge in [0, 0.05) is 25.7 Å². The van der Waals surface area contributed by atoms with E-state index in [-0.39, 0.29) is 11.5 Å². The van der Waals surface area contributed by atoms with Gasteiger partial charge < -0.3 is 4.90 Å². The lowest BCUT2D eigenvalue weighted by molar-refractivity contribution is 0.0784. The Morgan fingerprint density at radius 1 is 1.38 bits per heavy atom. The van der Waals surface area contributed by atoms with Gasteiger partial charge in [0.25, 0.3) is 11.5 Å². The standard InChI is InChI=1S/C11H15N3O2/c1-2-14-10(15)6-5-9(12-14)11(16)13-7-3-4-8-13/h5-6H,2-4,7-8H2,1H3. The van der Waals surface area contributed by atoms with E-state index in [1.807, 2.05) is 6.92 Å². The fraction of sp³-hybridized carbons (Fsp3) is 0.545. The van der Waals surface area contributed by atoms with Crippen molar-refractivity contribution in [2.24, 2.45) is 0 Å². The van der Waals surface area contributed by atoms with Gasteiger partial charge in [-0.1, -0.05) is 0 Å². The minimum Gasteiger partial charge on any atom is -0.337 e. The Balaban J connectivity index is 2.26. The molecule has 1 aromatic rings. The van der Waals surface area contributed by atoms with Crippen LogP contribution in [0.25, 0.3) is 0 Å². The second-order valence-electron chi connectivity index (χ2n) is 3.87. The second-order valence-corrected chi connectivity index (χ2v) is 3.87. The van der Waals surface area contributed by atoms with Gasteiger partial charge in [-0.25, -0.2) is 4.68 Å². The summed E-state index contributed by atoms with van der Waals surface area (Å²) in [7, 11) is 0. The molecule has 0 radical (unpaired) electrons.